The Labute approximate surface area is 169 Å². The molecule has 0 saturated heterocycles. The van der Waals surface area contributed by atoms with Crippen molar-refractivity contribution < 1.29 is 28.6 Å². The topological polar surface area (TPSA) is 103 Å². The van der Waals surface area contributed by atoms with Gasteiger partial charge in [0.15, 0.2) is 18.1 Å². The van der Waals surface area contributed by atoms with E-state index in [9.17, 15) is 14.4 Å². The van der Waals surface area contributed by atoms with E-state index in [-0.39, 0.29) is 11.5 Å². The van der Waals surface area contributed by atoms with Gasteiger partial charge >= 0.3 is 5.97 Å². The number of amides is 2. The molecule has 8 heteroatoms. The third kappa shape index (κ3) is 6.84. The smallest absolute Gasteiger partial charge is 0.338 e. The summed E-state index contributed by atoms with van der Waals surface area (Å²) in [6.45, 7) is 5.62. The van der Waals surface area contributed by atoms with Crippen LogP contribution < -0.4 is 20.1 Å². The van der Waals surface area contributed by atoms with Gasteiger partial charge in [-0.05, 0) is 50.2 Å². The number of esters is 1. The second kappa shape index (κ2) is 10.7. The molecule has 154 valence electrons. The molecule has 2 rings (SSSR count). The zero-order chi connectivity index (χ0) is 21.2. The number of ether oxygens (including phenoxy) is 3. The summed E-state index contributed by atoms with van der Waals surface area (Å²) in [5.41, 5.74) is 1.33. The minimum Gasteiger partial charge on any atom is -0.490 e. The van der Waals surface area contributed by atoms with Crippen LogP contribution in [0.1, 0.15) is 31.1 Å². The van der Waals surface area contributed by atoms with Gasteiger partial charge in [-0.1, -0.05) is 0 Å². The number of nitrogens with one attached hydrogen (secondary N) is 2. The first-order valence-electron chi connectivity index (χ1n) is 9.17. The highest BCUT2D eigenvalue weighted by Gasteiger charge is 2.12. The molecular weight excluding hydrogens is 376 g/mol. The summed E-state index contributed by atoms with van der Waals surface area (Å²) in [7, 11) is 0. The minimum atomic E-state index is -0.642. The molecule has 0 fully saturated rings. The first-order valence-corrected chi connectivity index (χ1v) is 9.17. The van der Waals surface area contributed by atoms with Crippen LogP contribution in [-0.2, 0) is 14.3 Å². The van der Waals surface area contributed by atoms with Crippen LogP contribution in [-0.4, -0.2) is 37.6 Å². The Morgan fingerprint density at radius 2 is 1.45 bits per heavy atom. The second-order valence-electron chi connectivity index (χ2n) is 5.91. The van der Waals surface area contributed by atoms with E-state index in [2.05, 4.69) is 10.6 Å². The van der Waals surface area contributed by atoms with E-state index in [1.165, 1.54) is 19.1 Å². The molecule has 0 aromatic heterocycles. The van der Waals surface area contributed by atoms with Crippen LogP contribution in [0.25, 0.3) is 0 Å². The van der Waals surface area contributed by atoms with Crippen LogP contribution in [0.4, 0.5) is 11.4 Å². The average molecular weight is 400 g/mol. The van der Waals surface area contributed by atoms with Crippen LogP contribution in [0.3, 0.4) is 0 Å². The van der Waals surface area contributed by atoms with Gasteiger partial charge in [0.1, 0.15) is 0 Å². The largest absolute Gasteiger partial charge is 0.490 e. The Morgan fingerprint density at radius 3 is 2.07 bits per heavy atom. The number of hydrogen-bond acceptors (Lipinski definition) is 6. The van der Waals surface area contributed by atoms with Gasteiger partial charge in [0.2, 0.25) is 5.91 Å². The van der Waals surface area contributed by atoms with Crippen molar-refractivity contribution in [2.75, 3.05) is 30.5 Å². The van der Waals surface area contributed by atoms with Gasteiger partial charge in [0.25, 0.3) is 5.91 Å². The number of hydrogen-bond donors (Lipinski definition) is 2. The van der Waals surface area contributed by atoms with Gasteiger partial charge in [-0.3, -0.25) is 9.59 Å². The molecule has 0 heterocycles. The first-order chi connectivity index (χ1) is 13.9. The maximum atomic E-state index is 12.1. The highest BCUT2D eigenvalue weighted by atomic mass is 16.5. The monoisotopic (exact) mass is 400 g/mol. The van der Waals surface area contributed by atoms with Gasteiger partial charge in [0, 0.05) is 24.4 Å². The lowest BCUT2D eigenvalue weighted by Gasteiger charge is -2.13. The number of anilines is 2. The molecule has 2 amide bonds. The summed E-state index contributed by atoms with van der Waals surface area (Å²) in [6, 6.07) is 11.2. The van der Waals surface area contributed by atoms with E-state index in [4.69, 9.17) is 14.2 Å². The lowest BCUT2D eigenvalue weighted by atomic mass is 10.2. The molecule has 0 aliphatic heterocycles. The lowest BCUT2D eigenvalue weighted by molar-refractivity contribution is -0.119. The van der Waals surface area contributed by atoms with Crippen LogP contribution in [0.5, 0.6) is 11.5 Å². The number of carbonyl (C=O) groups is 3. The highest BCUT2D eigenvalue weighted by Crippen LogP contribution is 2.30. The molecule has 0 aliphatic carbocycles. The summed E-state index contributed by atoms with van der Waals surface area (Å²) in [6.07, 6.45) is 0. The summed E-state index contributed by atoms with van der Waals surface area (Å²) in [4.78, 5) is 35.2. The van der Waals surface area contributed by atoms with Crippen LogP contribution in [0, 0.1) is 0 Å². The molecule has 0 aliphatic rings. The van der Waals surface area contributed by atoms with Crippen molar-refractivity contribution in [3.05, 3.63) is 48.0 Å². The minimum absolute atomic E-state index is 0.209. The fourth-order valence-corrected chi connectivity index (χ4v) is 2.43. The molecule has 29 heavy (non-hydrogen) atoms. The Balaban J connectivity index is 1.91. The molecule has 0 unspecified atom stereocenters. The maximum Gasteiger partial charge on any atom is 0.338 e. The normalized spacial score (nSPS) is 10.0. The molecule has 2 aromatic rings. The quantitative estimate of drug-likeness (QED) is 0.627. The molecule has 0 radical (unpaired) electrons. The fraction of sp³-hybridized carbons (Fsp3) is 0.286. The van der Waals surface area contributed by atoms with Crippen molar-refractivity contribution in [2.45, 2.75) is 20.8 Å². The van der Waals surface area contributed by atoms with Crippen molar-refractivity contribution >= 4 is 29.2 Å². The highest BCUT2D eigenvalue weighted by molar-refractivity contribution is 5.96. The van der Waals surface area contributed by atoms with Gasteiger partial charge in [-0.25, -0.2) is 4.79 Å². The van der Waals surface area contributed by atoms with Crippen molar-refractivity contribution in [1.29, 1.82) is 0 Å². The number of carbonyl (C=O) groups excluding carboxylic acids is 3. The second-order valence-corrected chi connectivity index (χ2v) is 5.91. The number of rotatable bonds is 9. The van der Waals surface area contributed by atoms with E-state index in [0.29, 0.717) is 36.1 Å². The summed E-state index contributed by atoms with van der Waals surface area (Å²) in [5.74, 6) is -0.236. The summed E-state index contributed by atoms with van der Waals surface area (Å²) < 4.78 is 16.0. The summed E-state index contributed by atoms with van der Waals surface area (Å²) in [5, 5.41) is 5.25. The third-order valence-corrected chi connectivity index (χ3v) is 3.60. The predicted octanol–water partition coefficient (Wildman–Crippen LogP) is 3.24. The van der Waals surface area contributed by atoms with Gasteiger partial charge in [-0.15, -0.1) is 0 Å². The standard InChI is InChI=1S/C21H24N2O6/c1-4-27-18-11-10-17(12-19(18)28-5-2)23-20(25)13-29-21(26)15-6-8-16(9-7-15)22-14(3)24/h6-12H,4-5,13H2,1-3H3,(H,22,24)(H,23,25). The Bertz CT molecular complexity index is 864. The van der Waals surface area contributed by atoms with E-state index < -0.39 is 18.5 Å². The van der Waals surface area contributed by atoms with Crippen LogP contribution >= 0.6 is 0 Å². The SMILES string of the molecule is CCOc1ccc(NC(=O)COC(=O)c2ccc(NC(C)=O)cc2)cc1OCC. The third-order valence-electron chi connectivity index (χ3n) is 3.60. The van der Waals surface area contributed by atoms with Crippen molar-refractivity contribution in [3.63, 3.8) is 0 Å². The molecule has 2 N–H and O–H groups in total. The van der Waals surface area contributed by atoms with Crippen molar-refractivity contribution in [1.82, 2.24) is 0 Å². The molecule has 2 aromatic carbocycles. The Morgan fingerprint density at radius 1 is 0.828 bits per heavy atom. The van der Waals surface area contributed by atoms with Crippen molar-refractivity contribution in [3.8, 4) is 11.5 Å². The number of benzene rings is 2. The Kier molecular flexibility index (Phi) is 8.02. The van der Waals surface area contributed by atoms with Gasteiger partial charge in [-0.2, -0.15) is 0 Å². The van der Waals surface area contributed by atoms with Crippen molar-refractivity contribution in [2.24, 2.45) is 0 Å². The van der Waals surface area contributed by atoms with E-state index in [1.54, 1.807) is 30.3 Å². The predicted molar refractivity (Wildman–Crippen MR) is 108 cm³/mol. The van der Waals surface area contributed by atoms with Gasteiger partial charge < -0.3 is 24.8 Å². The Hall–Kier alpha value is -3.55. The molecule has 0 spiro atoms. The lowest BCUT2D eigenvalue weighted by Crippen LogP contribution is -2.21. The maximum absolute atomic E-state index is 12.1. The zero-order valence-electron chi connectivity index (χ0n) is 16.6. The van der Waals surface area contributed by atoms with E-state index >= 15 is 0 Å². The van der Waals surface area contributed by atoms with E-state index in [1.807, 2.05) is 13.8 Å². The van der Waals surface area contributed by atoms with Crippen LogP contribution in [0.15, 0.2) is 42.5 Å². The average Bonchev–Trinajstić information content (AvgIpc) is 2.68. The van der Waals surface area contributed by atoms with Gasteiger partial charge in [0.05, 0.1) is 18.8 Å². The molecule has 0 bridgehead atoms. The summed E-state index contributed by atoms with van der Waals surface area (Å²) >= 11 is 0. The molecule has 0 atom stereocenters. The molecule has 8 nitrogen and oxygen atoms in total. The van der Waals surface area contributed by atoms with E-state index in [0.717, 1.165) is 0 Å². The fourth-order valence-electron chi connectivity index (χ4n) is 2.43. The molecular formula is C21H24N2O6. The molecule has 0 saturated carbocycles. The first kappa shape index (κ1) is 21.7. The zero-order valence-corrected chi connectivity index (χ0v) is 16.6. The van der Waals surface area contributed by atoms with Crippen LogP contribution in [0.2, 0.25) is 0 Å².